The summed E-state index contributed by atoms with van der Waals surface area (Å²) in [6.07, 6.45) is 0. The molecule has 0 saturated carbocycles. The molecular weight excluding hydrogens is 210 g/mol. The number of amides is 2. The second kappa shape index (κ2) is 4.14. The minimum atomic E-state index is -0.540. The van der Waals surface area contributed by atoms with E-state index in [2.05, 4.69) is 5.32 Å². The maximum atomic E-state index is 11.6. The first-order valence-electron chi connectivity index (χ1n) is 4.73. The molecule has 1 rings (SSSR count). The zero-order valence-electron chi connectivity index (χ0n) is 9.38. The van der Waals surface area contributed by atoms with Crippen LogP contribution in [0.5, 0.6) is 0 Å². The van der Waals surface area contributed by atoms with Gasteiger partial charge in [-0.1, -0.05) is 20.8 Å². The van der Waals surface area contributed by atoms with Gasteiger partial charge in [0.15, 0.2) is 0 Å². The first kappa shape index (κ1) is 11.9. The van der Waals surface area contributed by atoms with Crippen LogP contribution in [0.2, 0.25) is 0 Å². The molecule has 4 heteroatoms. The van der Waals surface area contributed by atoms with Crippen LogP contribution in [0.25, 0.3) is 0 Å². The van der Waals surface area contributed by atoms with Crippen molar-refractivity contribution >= 4 is 23.2 Å². The van der Waals surface area contributed by atoms with Gasteiger partial charge >= 0.3 is 0 Å². The lowest BCUT2D eigenvalue weighted by Gasteiger charge is -2.16. The quantitative estimate of drug-likeness (QED) is 0.797. The highest BCUT2D eigenvalue weighted by atomic mass is 32.1. The van der Waals surface area contributed by atoms with Gasteiger partial charge in [-0.3, -0.25) is 14.9 Å². The third-order valence-electron chi connectivity index (χ3n) is 1.87. The summed E-state index contributed by atoms with van der Waals surface area (Å²) in [6, 6.07) is 3.59. The number of imide groups is 1. The van der Waals surface area contributed by atoms with Gasteiger partial charge in [0, 0.05) is 10.3 Å². The van der Waals surface area contributed by atoms with Gasteiger partial charge < -0.3 is 0 Å². The number of nitrogens with one attached hydrogen (secondary N) is 1. The fraction of sp³-hybridized carbons (Fsp3) is 0.455. The van der Waals surface area contributed by atoms with Crippen molar-refractivity contribution in [3.05, 3.63) is 21.9 Å². The Hall–Kier alpha value is -1.16. The lowest BCUT2D eigenvalue weighted by molar-refractivity contribution is -0.127. The highest BCUT2D eigenvalue weighted by Gasteiger charge is 2.23. The second-order valence-electron chi connectivity index (χ2n) is 4.44. The van der Waals surface area contributed by atoms with E-state index in [9.17, 15) is 9.59 Å². The average Bonchev–Trinajstić information content (AvgIpc) is 2.50. The van der Waals surface area contributed by atoms with Crippen molar-refractivity contribution in [3.8, 4) is 0 Å². The summed E-state index contributed by atoms with van der Waals surface area (Å²) in [7, 11) is 0. The molecule has 0 atom stereocenters. The van der Waals surface area contributed by atoms with Gasteiger partial charge in [0.05, 0.1) is 4.88 Å². The summed E-state index contributed by atoms with van der Waals surface area (Å²) >= 11 is 1.38. The Bertz CT molecular complexity index is 388. The van der Waals surface area contributed by atoms with E-state index in [4.69, 9.17) is 0 Å². The Labute approximate surface area is 93.5 Å². The number of aryl methyl sites for hydroxylation is 1. The number of thiophene rings is 1. The van der Waals surface area contributed by atoms with E-state index in [1.54, 1.807) is 26.8 Å². The highest BCUT2D eigenvalue weighted by molar-refractivity contribution is 7.14. The van der Waals surface area contributed by atoms with E-state index in [0.717, 1.165) is 4.88 Å². The molecule has 1 N–H and O–H groups in total. The molecule has 0 aliphatic rings. The Morgan fingerprint density at radius 3 is 2.27 bits per heavy atom. The number of carbonyl (C=O) groups excluding carboxylic acids is 2. The van der Waals surface area contributed by atoms with Gasteiger partial charge in [-0.05, 0) is 19.1 Å². The number of carbonyl (C=O) groups is 2. The van der Waals surface area contributed by atoms with Crippen LogP contribution in [-0.4, -0.2) is 11.8 Å². The van der Waals surface area contributed by atoms with Gasteiger partial charge in [0.2, 0.25) is 5.91 Å². The van der Waals surface area contributed by atoms with Crippen molar-refractivity contribution in [3.63, 3.8) is 0 Å². The summed E-state index contributed by atoms with van der Waals surface area (Å²) in [5.74, 6) is -0.563. The standard InChI is InChI=1S/C11H15NO2S/c1-7-5-6-8(15-7)9(13)12-10(14)11(2,3)4/h5-6H,1-4H3,(H,12,13,14). The molecule has 0 bridgehead atoms. The van der Waals surface area contributed by atoms with E-state index >= 15 is 0 Å². The fourth-order valence-electron chi connectivity index (χ4n) is 0.909. The molecular formula is C11H15NO2S. The molecule has 82 valence electrons. The van der Waals surface area contributed by atoms with Crippen LogP contribution < -0.4 is 5.32 Å². The van der Waals surface area contributed by atoms with E-state index in [-0.39, 0.29) is 11.8 Å². The molecule has 0 aromatic carbocycles. The fourth-order valence-corrected chi connectivity index (χ4v) is 1.67. The minimum Gasteiger partial charge on any atom is -0.291 e. The Kier molecular flexibility index (Phi) is 3.29. The number of rotatable bonds is 1. The molecule has 15 heavy (non-hydrogen) atoms. The van der Waals surface area contributed by atoms with Crippen LogP contribution in [0.1, 0.15) is 35.3 Å². The van der Waals surface area contributed by atoms with Crippen molar-refractivity contribution in [2.75, 3.05) is 0 Å². The van der Waals surface area contributed by atoms with Crippen LogP contribution in [0.15, 0.2) is 12.1 Å². The van der Waals surface area contributed by atoms with Crippen LogP contribution in [0.3, 0.4) is 0 Å². The Morgan fingerprint density at radius 1 is 1.27 bits per heavy atom. The molecule has 0 spiro atoms. The van der Waals surface area contributed by atoms with E-state index < -0.39 is 5.41 Å². The molecule has 1 aromatic heterocycles. The summed E-state index contributed by atoms with van der Waals surface area (Å²) in [5, 5.41) is 2.38. The van der Waals surface area contributed by atoms with Crippen LogP contribution in [0.4, 0.5) is 0 Å². The SMILES string of the molecule is Cc1ccc(C(=O)NC(=O)C(C)(C)C)s1. The van der Waals surface area contributed by atoms with E-state index in [1.165, 1.54) is 11.3 Å². The van der Waals surface area contributed by atoms with Gasteiger partial charge in [-0.15, -0.1) is 11.3 Å². The van der Waals surface area contributed by atoms with Crippen molar-refractivity contribution in [2.45, 2.75) is 27.7 Å². The summed E-state index contributed by atoms with van der Waals surface area (Å²) in [6.45, 7) is 7.24. The third kappa shape index (κ3) is 3.16. The molecule has 0 saturated heterocycles. The summed E-state index contributed by atoms with van der Waals surface area (Å²) in [4.78, 5) is 24.8. The number of hydrogen-bond donors (Lipinski definition) is 1. The molecule has 0 radical (unpaired) electrons. The van der Waals surface area contributed by atoms with Gasteiger partial charge in [-0.25, -0.2) is 0 Å². The normalized spacial score (nSPS) is 11.2. The molecule has 0 unspecified atom stereocenters. The van der Waals surface area contributed by atoms with E-state index in [1.807, 2.05) is 13.0 Å². The van der Waals surface area contributed by atoms with Crippen LogP contribution in [0, 0.1) is 12.3 Å². The molecule has 3 nitrogen and oxygen atoms in total. The zero-order valence-corrected chi connectivity index (χ0v) is 10.2. The Balaban J connectivity index is 2.69. The maximum absolute atomic E-state index is 11.6. The predicted octanol–water partition coefficient (Wildman–Crippen LogP) is 2.36. The number of hydrogen-bond acceptors (Lipinski definition) is 3. The van der Waals surface area contributed by atoms with Crippen molar-refractivity contribution in [2.24, 2.45) is 5.41 Å². The molecule has 1 aromatic rings. The van der Waals surface area contributed by atoms with Crippen LogP contribution >= 0.6 is 11.3 Å². The van der Waals surface area contributed by atoms with Crippen molar-refractivity contribution in [1.29, 1.82) is 0 Å². The summed E-state index contributed by atoms with van der Waals surface area (Å²) < 4.78 is 0. The van der Waals surface area contributed by atoms with E-state index in [0.29, 0.717) is 4.88 Å². The van der Waals surface area contributed by atoms with Crippen LogP contribution in [-0.2, 0) is 4.79 Å². The van der Waals surface area contributed by atoms with Crippen molar-refractivity contribution in [1.82, 2.24) is 5.32 Å². The van der Waals surface area contributed by atoms with Gasteiger partial charge in [0.1, 0.15) is 0 Å². The Morgan fingerprint density at radius 2 is 1.87 bits per heavy atom. The lowest BCUT2D eigenvalue weighted by Crippen LogP contribution is -2.38. The first-order valence-corrected chi connectivity index (χ1v) is 5.54. The lowest BCUT2D eigenvalue weighted by atomic mass is 9.96. The maximum Gasteiger partial charge on any atom is 0.267 e. The molecule has 1 heterocycles. The monoisotopic (exact) mass is 225 g/mol. The molecule has 2 amide bonds. The minimum absolute atomic E-state index is 0.251. The first-order chi connectivity index (χ1) is 6.80. The predicted molar refractivity (Wildman–Crippen MR) is 61.0 cm³/mol. The zero-order chi connectivity index (χ0) is 11.6. The van der Waals surface area contributed by atoms with Gasteiger partial charge in [0.25, 0.3) is 5.91 Å². The third-order valence-corrected chi connectivity index (χ3v) is 2.87. The highest BCUT2D eigenvalue weighted by Crippen LogP contribution is 2.16. The molecule has 0 fully saturated rings. The smallest absolute Gasteiger partial charge is 0.267 e. The second-order valence-corrected chi connectivity index (χ2v) is 5.73. The summed E-state index contributed by atoms with van der Waals surface area (Å²) in [5.41, 5.74) is -0.540. The van der Waals surface area contributed by atoms with Gasteiger partial charge in [-0.2, -0.15) is 0 Å². The average molecular weight is 225 g/mol. The molecule has 0 aliphatic heterocycles. The molecule has 0 aliphatic carbocycles. The topological polar surface area (TPSA) is 46.2 Å². The van der Waals surface area contributed by atoms with Crippen molar-refractivity contribution < 1.29 is 9.59 Å². The largest absolute Gasteiger partial charge is 0.291 e.